The highest BCUT2D eigenvalue weighted by atomic mass is 31.2. The van der Waals surface area contributed by atoms with Gasteiger partial charge in [0.25, 0.3) is 0 Å². The summed E-state index contributed by atoms with van der Waals surface area (Å²) in [6, 6.07) is -5.88. The molecule has 7 rings (SSSR count). The molecule has 3 amide bonds. The maximum Gasteiger partial charge on any atom is 0.472 e. The van der Waals surface area contributed by atoms with Crippen LogP contribution in [0.4, 0.5) is 0 Å². The van der Waals surface area contributed by atoms with Crippen molar-refractivity contribution in [2.45, 2.75) is 236 Å². The first kappa shape index (κ1) is 79.0. The smallest absolute Gasteiger partial charge is 0.472 e. The number of carbonyl (C=O) groups excluding carboxylic acids is 3. The molecule has 7 saturated heterocycles. The van der Waals surface area contributed by atoms with Crippen molar-refractivity contribution in [3.63, 3.8) is 0 Å². The maximum absolute atomic E-state index is 13.1. The van der Waals surface area contributed by atoms with Gasteiger partial charge in [0, 0.05) is 27.3 Å². The van der Waals surface area contributed by atoms with E-state index in [0.29, 0.717) is 0 Å². The van der Waals surface area contributed by atoms with Crippen molar-refractivity contribution >= 4 is 31.5 Å². The lowest BCUT2D eigenvalue weighted by Crippen LogP contribution is -2.72. The number of aliphatic hydroxyl groups excluding tert-OH is 18. The average molecular weight is 1410 g/mol. The molecule has 0 aliphatic carbocycles. The van der Waals surface area contributed by atoms with Gasteiger partial charge >= 0.3 is 13.8 Å². The number of aliphatic hydroxyl groups is 18. The van der Waals surface area contributed by atoms with Crippen LogP contribution in [0.1, 0.15) is 20.8 Å². The molecule has 1 unspecified atom stereocenters. The second-order valence-corrected chi connectivity index (χ2v) is 24.5. The van der Waals surface area contributed by atoms with Gasteiger partial charge in [0.15, 0.2) is 50.1 Å². The summed E-state index contributed by atoms with van der Waals surface area (Å²) >= 11 is 0. The SMILES string of the molecule is CC(=O)N[C@H]1[C@H](O[C@H]2[C@H](O)[C@@H](NC(C)=O)[C@H](O[C@@H]3[C@H](O)[C@H](O[C@H]4[C@H](O)[C@@H](O)[C@H](O)O[C@@H]4CO)O[C@H](CO)[C@H]3O)O[C@@H]2COP(=O)(O)OCCN)O[C@H](CO)[C@H](O[C@H]2O[C@H](CO)[C@H](O)[C@H](O[C@@H]3O[C@H](CO)[C@H](O)[C@H](O[C@@H]4O[C@H](C(=O)O)[C@@H](O)[C@H](O)[C@H]4O)[C@H]3O)[C@H]2NC(C)=O)[C@@H]1O. The van der Waals surface area contributed by atoms with Crippen molar-refractivity contribution in [1.82, 2.24) is 16.0 Å². The first-order chi connectivity index (χ1) is 44.8. The molecular weight excluding hydrogens is 1330 g/mol. The third-order valence-corrected chi connectivity index (χ3v) is 17.3. The van der Waals surface area contributed by atoms with E-state index in [4.69, 9.17) is 76.4 Å². The molecule has 7 fully saturated rings. The molecule has 95 heavy (non-hydrogen) atoms. The van der Waals surface area contributed by atoms with Crippen LogP contribution in [-0.4, -0.2) is 393 Å². The quantitative estimate of drug-likeness (QED) is 0.0340. The third-order valence-electron chi connectivity index (χ3n) is 16.3. The Labute approximate surface area is 536 Å². The van der Waals surface area contributed by atoms with Gasteiger partial charge < -0.3 is 185 Å². The lowest BCUT2D eigenvalue weighted by atomic mass is 9.93. The second kappa shape index (κ2) is 34.4. The van der Waals surface area contributed by atoms with E-state index in [0.717, 1.165) is 20.8 Å². The number of carboxylic acids is 1. The fourth-order valence-electron chi connectivity index (χ4n) is 11.6. The zero-order valence-corrected chi connectivity index (χ0v) is 51.4. The number of amides is 3. The third kappa shape index (κ3) is 18.3. The molecule has 25 N–H and O–H groups in total. The minimum atomic E-state index is -5.16. The molecule has 7 heterocycles. The number of ether oxygens (including phenoxy) is 13. The first-order valence-electron chi connectivity index (χ1n) is 29.5. The van der Waals surface area contributed by atoms with E-state index in [9.17, 15) is 126 Å². The molecule has 44 nitrogen and oxygen atoms in total. The number of nitrogens with two attached hydrogens (primary N) is 1. The maximum atomic E-state index is 13.1. The predicted octanol–water partition coefficient (Wildman–Crippen LogP) is -15.7. The summed E-state index contributed by atoms with van der Waals surface area (Å²) < 4.78 is 98.3. The Morgan fingerprint density at radius 1 is 0.389 bits per heavy atom. The van der Waals surface area contributed by atoms with Gasteiger partial charge in [-0.1, -0.05) is 0 Å². The van der Waals surface area contributed by atoms with E-state index in [1.165, 1.54) is 0 Å². The zero-order chi connectivity index (χ0) is 70.4. The molecule has 0 spiro atoms. The predicted molar refractivity (Wildman–Crippen MR) is 291 cm³/mol. The Hall–Kier alpha value is -3.29. The number of hydrogen-bond donors (Lipinski definition) is 24. The van der Waals surface area contributed by atoms with Crippen molar-refractivity contribution in [1.29, 1.82) is 0 Å². The normalized spacial score (nSPS) is 46.5. The van der Waals surface area contributed by atoms with Crippen LogP contribution in [0, 0.1) is 0 Å². The van der Waals surface area contributed by atoms with Gasteiger partial charge in [-0.05, 0) is 0 Å². The minimum Gasteiger partial charge on any atom is -0.479 e. The molecule has 0 aromatic rings. The van der Waals surface area contributed by atoms with Crippen LogP contribution < -0.4 is 21.7 Å². The van der Waals surface area contributed by atoms with Gasteiger partial charge in [0.1, 0.15) is 165 Å². The average Bonchev–Trinajstić information content (AvgIpc) is 0.773. The molecule has 7 aliphatic heterocycles. The van der Waals surface area contributed by atoms with Crippen LogP contribution in [0.5, 0.6) is 0 Å². The second-order valence-electron chi connectivity index (χ2n) is 23.0. The lowest BCUT2D eigenvalue weighted by Gasteiger charge is -2.51. The van der Waals surface area contributed by atoms with E-state index in [2.05, 4.69) is 16.0 Å². The molecule has 45 heteroatoms. The van der Waals surface area contributed by atoms with Crippen molar-refractivity contribution in [2.75, 3.05) is 52.8 Å². The number of carboxylic acid groups (broad SMARTS) is 1. The number of nitrogens with one attached hydrogen (secondary N) is 3. The Balaban J connectivity index is 1.17. The molecule has 0 saturated carbocycles. The van der Waals surface area contributed by atoms with Gasteiger partial charge in [-0.15, -0.1) is 0 Å². The molecule has 7 aliphatic rings. The van der Waals surface area contributed by atoms with Crippen LogP contribution in [0.2, 0.25) is 0 Å². The summed E-state index contributed by atoms with van der Waals surface area (Å²) in [7, 11) is -5.16. The summed E-state index contributed by atoms with van der Waals surface area (Å²) in [6.45, 7) is -4.76. The summed E-state index contributed by atoms with van der Waals surface area (Å²) in [5.74, 6) is -4.73. The van der Waals surface area contributed by atoms with Crippen LogP contribution in [-0.2, 0) is 94.4 Å². The number of aliphatic carboxylic acids is 1. The molecular formula is C50H85N4O40P. The molecule has 0 radical (unpaired) electrons. The van der Waals surface area contributed by atoms with Crippen molar-refractivity contribution in [3.8, 4) is 0 Å². The fourth-order valence-corrected chi connectivity index (χ4v) is 12.3. The number of phosphoric ester groups is 1. The lowest BCUT2D eigenvalue weighted by molar-refractivity contribution is -0.382. The van der Waals surface area contributed by atoms with Gasteiger partial charge in [-0.2, -0.15) is 0 Å². The van der Waals surface area contributed by atoms with Crippen molar-refractivity contribution < 1.29 is 196 Å². The minimum absolute atomic E-state index is 0.321. The molecule has 0 aromatic heterocycles. The van der Waals surface area contributed by atoms with E-state index >= 15 is 0 Å². The highest BCUT2D eigenvalue weighted by Crippen LogP contribution is 2.45. The van der Waals surface area contributed by atoms with Gasteiger partial charge in [0.05, 0.1) is 46.2 Å². The fraction of sp³-hybridized carbons (Fsp3) is 0.920. The summed E-state index contributed by atoms with van der Waals surface area (Å²) in [4.78, 5) is 61.5. The van der Waals surface area contributed by atoms with Gasteiger partial charge in [-0.3, -0.25) is 23.4 Å². The topological polar surface area (TPSA) is 691 Å². The monoisotopic (exact) mass is 1410 g/mol. The van der Waals surface area contributed by atoms with Crippen LogP contribution in [0.3, 0.4) is 0 Å². The molecule has 0 aromatic carbocycles. The number of hydrogen-bond acceptors (Lipinski definition) is 39. The standard InChI is InChI=1S/C50H85N4O40P/c1-12(60)52-21-27(66)36(88-47-23(54-14(3)62)39(24(63)15(6-55)83-47)91-50-35(74)41(26(65)17(8-57)85-50)93-48-33(72)29(68)30(69)42(94-48)43(75)76)19(10-59)86-45(21)89-38-20(11-81-95(78,79)80-5-4-51)87-46(22(28(38)67)53-13(2)61)92-40-25(64)16(7-56)84-49(34(40)73)90-37-18(9-58)82-44(77)32(71)31(37)70/h15-42,44-50,55-59,63-74,77H,4-11,51H2,1-3H3,(H,52,60)(H,53,61)(H,54,62)(H,75,76)(H,78,79)/t15-,16-,17-,18-,19-,20-,21-,22-,23-,24+,25-,26+,27-,28-,29+,30+,31-,32-,33-,34+,35-,36+,37-,38-,39-,40+,41+,42+,44-,45+,46+,47-,48-,49+,50+/m1/s1. The Morgan fingerprint density at radius 3 is 1.21 bits per heavy atom. The number of rotatable bonds is 27. The highest BCUT2D eigenvalue weighted by molar-refractivity contribution is 7.47. The summed E-state index contributed by atoms with van der Waals surface area (Å²) in [5.41, 5.74) is 5.44. The summed E-state index contributed by atoms with van der Waals surface area (Å²) in [6.07, 6.45) is -66.8. The van der Waals surface area contributed by atoms with E-state index in [1.54, 1.807) is 0 Å². The first-order valence-corrected chi connectivity index (χ1v) is 31.0. The summed E-state index contributed by atoms with van der Waals surface area (Å²) in [5, 5.41) is 213. The van der Waals surface area contributed by atoms with E-state index < -0.39 is 293 Å². The Bertz CT molecular complexity index is 2530. The van der Waals surface area contributed by atoms with Crippen LogP contribution in [0.15, 0.2) is 0 Å². The van der Waals surface area contributed by atoms with E-state index in [1.807, 2.05) is 0 Å². The number of carbonyl (C=O) groups is 4. The van der Waals surface area contributed by atoms with E-state index in [-0.39, 0.29) is 6.54 Å². The molecule has 36 atom stereocenters. The zero-order valence-electron chi connectivity index (χ0n) is 50.5. The Kier molecular flexibility index (Phi) is 28.6. The van der Waals surface area contributed by atoms with Gasteiger partial charge in [-0.25, -0.2) is 9.36 Å². The Morgan fingerprint density at radius 2 is 0.747 bits per heavy atom. The van der Waals surface area contributed by atoms with Crippen LogP contribution >= 0.6 is 7.82 Å². The highest BCUT2D eigenvalue weighted by Gasteiger charge is 2.60. The molecule has 550 valence electrons. The number of phosphoric acid groups is 1. The van der Waals surface area contributed by atoms with Crippen LogP contribution in [0.25, 0.3) is 0 Å². The molecule has 0 bridgehead atoms. The largest absolute Gasteiger partial charge is 0.479 e. The van der Waals surface area contributed by atoms with Crippen molar-refractivity contribution in [2.24, 2.45) is 5.73 Å². The van der Waals surface area contributed by atoms with Gasteiger partial charge in [0.2, 0.25) is 17.7 Å². The van der Waals surface area contributed by atoms with Crippen molar-refractivity contribution in [3.05, 3.63) is 0 Å².